The van der Waals surface area contributed by atoms with E-state index in [9.17, 15) is 15.1 Å². The van der Waals surface area contributed by atoms with Crippen LogP contribution in [0, 0.1) is 16.7 Å². The van der Waals surface area contributed by atoms with E-state index in [0.29, 0.717) is 31.3 Å². The summed E-state index contributed by atoms with van der Waals surface area (Å²) < 4.78 is 19.4. The SMILES string of the molecule is C=C1C[C@]23C[C@@]1(O[Si](C)(C)C(C)(C)C)CC[C@H]2C1=C(C(=[N+]=[N-])C3=O)[C@](C)(C(=O)OC)[C@@H](O[Si](C)(C)C(C)(C)C)CC1. The van der Waals surface area contributed by atoms with E-state index >= 15 is 0 Å². The molecule has 0 aromatic heterocycles. The second-order valence-electron chi connectivity index (χ2n) is 16.3. The van der Waals surface area contributed by atoms with Crippen molar-refractivity contribution in [3.05, 3.63) is 28.8 Å². The van der Waals surface area contributed by atoms with Crippen molar-refractivity contribution in [2.45, 2.75) is 135 Å². The van der Waals surface area contributed by atoms with E-state index < -0.39 is 45.1 Å². The average Bonchev–Trinajstić information content (AvgIpc) is 3.05. The van der Waals surface area contributed by atoms with Crippen LogP contribution in [0.2, 0.25) is 36.3 Å². The predicted octanol–water partition coefficient (Wildman–Crippen LogP) is 7.41. The summed E-state index contributed by atoms with van der Waals surface area (Å²) in [6.45, 7) is 28.4. The molecule has 2 bridgehead atoms. The number of methoxy groups -OCH3 is 1. The topological polar surface area (TPSA) is 98.2 Å². The van der Waals surface area contributed by atoms with Gasteiger partial charge in [-0.3, -0.25) is 9.59 Å². The molecule has 0 aliphatic heterocycles. The maximum atomic E-state index is 14.6. The Morgan fingerprint density at radius 2 is 1.63 bits per heavy atom. The predicted molar refractivity (Wildman–Crippen MR) is 167 cm³/mol. The molecular formula is C32H52N2O5Si2. The molecule has 0 radical (unpaired) electrons. The van der Waals surface area contributed by atoms with Crippen LogP contribution < -0.4 is 0 Å². The highest BCUT2D eigenvalue weighted by atomic mass is 28.4. The van der Waals surface area contributed by atoms with Gasteiger partial charge in [-0.05, 0) is 93.2 Å². The van der Waals surface area contributed by atoms with Gasteiger partial charge < -0.3 is 19.1 Å². The molecule has 2 fully saturated rings. The summed E-state index contributed by atoms with van der Waals surface area (Å²) in [7, 11) is -3.09. The summed E-state index contributed by atoms with van der Waals surface area (Å²) in [4.78, 5) is 32.0. The smallest absolute Gasteiger partial charge is 0.362 e. The Bertz CT molecular complexity index is 1270. The molecule has 4 aliphatic rings. The van der Waals surface area contributed by atoms with Crippen LogP contribution in [0.5, 0.6) is 0 Å². The molecule has 7 nitrogen and oxygen atoms in total. The lowest BCUT2D eigenvalue weighted by Crippen LogP contribution is -2.60. The van der Waals surface area contributed by atoms with Crippen molar-refractivity contribution in [2.75, 3.05) is 7.11 Å². The van der Waals surface area contributed by atoms with E-state index in [2.05, 4.69) is 79.1 Å². The highest BCUT2D eigenvalue weighted by Crippen LogP contribution is 2.67. The number of fused-ring (bicyclic) bond motifs is 2. The van der Waals surface area contributed by atoms with Gasteiger partial charge in [0.25, 0.3) is 5.78 Å². The molecule has 0 aromatic rings. The van der Waals surface area contributed by atoms with Crippen molar-refractivity contribution >= 4 is 34.1 Å². The van der Waals surface area contributed by atoms with E-state index in [4.69, 9.17) is 13.6 Å². The van der Waals surface area contributed by atoms with Crippen LogP contribution in [0.1, 0.15) is 87.0 Å². The Hall–Kier alpha value is -1.65. The van der Waals surface area contributed by atoms with Gasteiger partial charge in [0.2, 0.25) is 0 Å². The number of hydrogen-bond acceptors (Lipinski definition) is 5. The fourth-order valence-electron chi connectivity index (χ4n) is 7.57. The van der Waals surface area contributed by atoms with Crippen LogP contribution in [-0.4, -0.2) is 57.7 Å². The van der Waals surface area contributed by atoms with Crippen molar-refractivity contribution < 1.29 is 28.0 Å². The van der Waals surface area contributed by atoms with E-state index in [-0.39, 0.29) is 27.5 Å². The second-order valence-corrected chi connectivity index (χ2v) is 25.8. The molecule has 4 aliphatic carbocycles. The van der Waals surface area contributed by atoms with E-state index in [1.165, 1.54) is 7.11 Å². The second kappa shape index (κ2) is 9.68. The highest BCUT2D eigenvalue weighted by molar-refractivity contribution is 6.74. The highest BCUT2D eigenvalue weighted by Gasteiger charge is 2.71. The minimum atomic E-state index is -2.29. The normalized spacial score (nSPS) is 34.3. The minimum Gasteiger partial charge on any atom is -0.468 e. The number of esters is 1. The molecule has 0 amide bonds. The van der Waals surface area contributed by atoms with Gasteiger partial charge in [0.1, 0.15) is 5.41 Å². The molecule has 0 saturated heterocycles. The summed E-state index contributed by atoms with van der Waals surface area (Å²) in [6, 6.07) is 0. The van der Waals surface area contributed by atoms with Gasteiger partial charge in [-0.2, -0.15) is 4.79 Å². The molecule has 0 N–H and O–H groups in total. The number of rotatable bonds is 5. The monoisotopic (exact) mass is 600 g/mol. The summed E-state index contributed by atoms with van der Waals surface area (Å²) in [5.41, 5.74) is 10.4. The fraction of sp³-hybridized carbons (Fsp3) is 0.781. The largest absolute Gasteiger partial charge is 0.468 e. The molecule has 41 heavy (non-hydrogen) atoms. The van der Waals surface area contributed by atoms with Crippen LogP contribution in [0.15, 0.2) is 23.3 Å². The number of carbonyl (C=O) groups is 2. The number of carbonyl (C=O) groups excluding carboxylic acids is 2. The fourth-order valence-corrected chi connectivity index (χ4v) is 10.6. The zero-order valence-corrected chi connectivity index (χ0v) is 29.5. The molecule has 0 heterocycles. The third-order valence-electron chi connectivity index (χ3n) is 12.0. The zero-order valence-electron chi connectivity index (χ0n) is 27.5. The lowest BCUT2D eigenvalue weighted by atomic mass is 9.51. The molecular weight excluding hydrogens is 549 g/mol. The van der Waals surface area contributed by atoms with Crippen LogP contribution in [0.3, 0.4) is 0 Å². The van der Waals surface area contributed by atoms with Crippen molar-refractivity contribution in [3.63, 3.8) is 0 Å². The van der Waals surface area contributed by atoms with Crippen LogP contribution in [0.4, 0.5) is 0 Å². The summed E-state index contributed by atoms with van der Waals surface area (Å²) in [5.74, 6) is -0.724. The van der Waals surface area contributed by atoms with E-state index in [1.54, 1.807) is 0 Å². The standard InChI is InChI=1S/C32H52N2O5Si2/c1-20-18-31-19-32(20,39-41(12,13)29(5,6)7)17-16-22(31)21-14-15-23(38-40(10,11)28(2,3)4)30(8,27(36)37-9)24(21)25(34-33)26(31)35/h22-23H,1,14-19H2,2-13H3/t22-,23-,30+,31-,32-/m0/s1. The number of allylic oxidation sites excluding steroid dienone is 1. The number of hydrogen-bond donors (Lipinski definition) is 0. The molecule has 228 valence electrons. The van der Waals surface area contributed by atoms with Crippen LogP contribution >= 0.6 is 0 Å². The quantitative estimate of drug-likeness (QED) is 0.108. The molecule has 2 saturated carbocycles. The average molecular weight is 601 g/mol. The first kappa shape index (κ1) is 32.3. The minimum absolute atomic E-state index is 0.00879. The molecule has 1 spiro atoms. The lowest BCUT2D eigenvalue weighted by Gasteiger charge is -2.53. The lowest BCUT2D eigenvalue weighted by molar-refractivity contribution is -0.156. The molecule has 0 unspecified atom stereocenters. The van der Waals surface area contributed by atoms with Gasteiger partial charge in [0.15, 0.2) is 16.6 Å². The van der Waals surface area contributed by atoms with Gasteiger partial charge in [-0.1, -0.05) is 53.7 Å². The Morgan fingerprint density at radius 3 is 2.15 bits per heavy atom. The van der Waals surface area contributed by atoms with E-state index in [0.717, 1.165) is 24.0 Å². The third kappa shape index (κ3) is 4.57. The summed E-state index contributed by atoms with van der Waals surface area (Å²) in [6.07, 6.45) is 3.45. The Kier molecular flexibility index (Phi) is 7.62. The van der Waals surface area contributed by atoms with Gasteiger partial charge in [0.05, 0.1) is 29.8 Å². The summed E-state index contributed by atoms with van der Waals surface area (Å²) in [5, 5.41) is -0.0520. The first-order chi connectivity index (χ1) is 18.5. The third-order valence-corrected chi connectivity index (χ3v) is 21.0. The molecule has 5 atom stereocenters. The number of nitrogens with zero attached hydrogens (tertiary/aromatic N) is 2. The van der Waals surface area contributed by atoms with Crippen LogP contribution in [0.25, 0.3) is 5.53 Å². The maximum Gasteiger partial charge on any atom is 0.362 e. The van der Waals surface area contributed by atoms with Crippen molar-refractivity contribution in [3.8, 4) is 0 Å². The van der Waals surface area contributed by atoms with Gasteiger partial charge >= 0.3 is 11.7 Å². The Labute approximate surface area is 249 Å². The van der Waals surface area contributed by atoms with Crippen molar-refractivity contribution in [2.24, 2.45) is 16.7 Å². The van der Waals surface area contributed by atoms with E-state index in [1.807, 2.05) is 6.92 Å². The Balaban J connectivity index is 1.86. The summed E-state index contributed by atoms with van der Waals surface area (Å²) >= 11 is 0. The first-order valence-electron chi connectivity index (χ1n) is 15.2. The van der Waals surface area contributed by atoms with Crippen LogP contribution in [-0.2, 0) is 23.2 Å². The molecule has 0 aromatic carbocycles. The Morgan fingerprint density at radius 1 is 1.05 bits per heavy atom. The number of ether oxygens (including phenoxy) is 1. The maximum absolute atomic E-state index is 14.6. The zero-order chi connectivity index (χ0) is 31.2. The van der Waals surface area contributed by atoms with Gasteiger partial charge in [-0.25, -0.2) is 0 Å². The van der Waals surface area contributed by atoms with Gasteiger partial charge in [0, 0.05) is 0 Å². The van der Waals surface area contributed by atoms with Gasteiger partial charge in [-0.15, -0.1) is 0 Å². The number of Topliss-reactive ketones (excluding diaryl/α,β-unsaturated/α-hetero) is 1. The molecule has 9 heteroatoms. The first-order valence-corrected chi connectivity index (χ1v) is 21.0. The van der Waals surface area contributed by atoms with Crippen molar-refractivity contribution in [1.82, 2.24) is 0 Å². The number of ketones is 1. The van der Waals surface area contributed by atoms with Crippen molar-refractivity contribution in [1.29, 1.82) is 0 Å². The molecule has 4 rings (SSSR count).